The standard InChI is InChI=1S/C44H45F3N12O4/c1-23-49-34-14-25(46)12-30-33-6-4-7-37(51-33)50-26-15-36(41(60)54(2)21-29(63-3)22-56(23)38(30)34)57(18-26)39-31-17-48-59(35-9-8-24(45)13-32(35)47)40(31)53-43(52-39)58-27-16-28(58)20-55(19-27)42(61)44(62)10-5-11-44/h4,6-9,12-14,17,26-29,36,62H,5,10-11,15-16,18-22H2,1-3H3,(H,50,51)/t26-,27?,28?,29-,36-/m0/s1. The Morgan fingerprint density at radius 3 is 2.49 bits per heavy atom. The van der Waals surface area contributed by atoms with Crippen molar-refractivity contribution in [3.05, 3.63) is 78.0 Å². The van der Waals surface area contributed by atoms with Crippen LogP contribution in [0.15, 0.2) is 54.7 Å². The van der Waals surface area contributed by atoms with Crippen LogP contribution in [0.25, 0.3) is 39.0 Å². The molecule has 6 aliphatic rings. The van der Waals surface area contributed by atoms with E-state index in [1.807, 2.05) is 34.6 Å². The number of nitrogens with one attached hydrogen (secondary N) is 1. The van der Waals surface area contributed by atoms with Crippen molar-refractivity contribution in [1.29, 1.82) is 0 Å². The van der Waals surface area contributed by atoms with Crippen molar-refractivity contribution in [2.24, 2.45) is 0 Å². The van der Waals surface area contributed by atoms with Gasteiger partial charge in [-0.1, -0.05) is 6.07 Å². The molecule has 19 heteroatoms. The molecule has 2 amide bonds. The quantitative estimate of drug-likeness (QED) is 0.255. The number of likely N-dealkylation sites (N-methyl/N-ethyl adjacent to an activating group) is 1. The predicted octanol–water partition coefficient (Wildman–Crippen LogP) is 4.20. The minimum Gasteiger partial charge on any atom is -0.380 e. The van der Waals surface area contributed by atoms with Crippen LogP contribution in [0.3, 0.4) is 0 Å². The molecule has 5 aliphatic heterocycles. The van der Waals surface area contributed by atoms with Crippen LogP contribution in [-0.2, 0) is 20.9 Å². The average molecular weight is 863 g/mol. The fourth-order valence-electron chi connectivity index (χ4n) is 10.3. The number of benzene rings is 2. The second kappa shape index (κ2) is 14.6. The third kappa shape index (κ3) is 6.45. The maximum Gasteiger partial charge on any atom is 0.254 e. The number of piperazine rings is 1. The molecule has 0 radical (unpaired) electrons. The third-order valence-electron chi connectivity index (χ3n) is 13.6. The molecule has 2 unspecified atom stereocenters. The Morgan fingerprint density at radius 2 is 1.75 bits per heavy atom. The van der Waals surface area contributed by atoms with E-state index in [0.717, 1.165) is 25.0 Å². The summed E-state index contributed by atoms with van der Waals surface area (Å²) in [4.78, 5) is 55.5. The molecule has 2 aromatic carbocycles. The Kier molecular flexibility index (Phi) is 9.17. The summed E-state index contributed by atoms with van der Waals surface area (Å²) < 4.78 is 54.2. The molecule has 6 bridgehead atoms. The van der Waals surface area contributed by atoms with Crippen LogP contribution >= 0.6 is 0 Å². The number of halogens is 3. The van der Waals surface area contributed by atoms with Crippen molar-refractivity contribution in [2.45, 2.75) is 81.4 Å². The van der Waals surface area contributed by atoms with E-state index in [0.29, 0.717) is 90.0 Å². The summed E-state index contributed by atoms with van der Waals surface area (Å²) in [6, 6.07) is 10.2. The highest BCUT2D eigenvalue weighted by molar-refractivity contribution is 5.95. The molecule has 1 saturated carbocycles. The molecule has 4 aromatic heterocycles. The van der Waals surface area contributed by atoms with Gasteiger partial charge in [0.2, 0.25) is 11.9 Å². The van der Waals surface area contributed by atoms with Gasteiger partial charge in [0.15, 0.2) is 11.5 Å². The summed E-state index contributed by atoms with van der Waals surface area (Å²) in [6.07, 6.45) is 3.87. The topological polar surface area (TPSA) is 163 Å². The van der Waals surface area contributed by atoms with Gasteiger partial charge in [0, 0.05) is 64.1 Å². The van der Waals surface area contributed by atoms with E-state index in [-0.39, 0.29) is 54.4 Å². The molecule has 12 rings (SSSR count). The largest absolute Gasteiger partial charge is 0.380 e. The number of aromatic nitrogens is 7. The van der Waals surface area contributed by atoms with Gasteiger partial charge in [0.25, 0.3) is 5.91 Å². The second-order valence-corrected chi connectivity index (χ2v) is 17.6. The summed E-state index contributed by atoms with van der Waals surface area (Å²) in [7, 11) is 3.33. The second-order valence-electron chi connectivity index (χ2n) is 17.6. The van der Waals surface area contributed by atoms with Crippen LogP contribution in [0.4, 0.5) is 30.8 Å². The molecule has 63 heavy (non-hydrogen) atoms. The van der Waals surface area contributed by atoms with Crippen molar-refractivity contribution in [1.82, 2.24) is 44.1 Å². The van der Waals surface area contributed by atoms with E-state index >= 15 is 8.78 Å². The zero-order valence-corrected chi connectivity index (χ0v) is 34.9. The highest BCUT2D eigenvalue weighted by Gasteiger charge is 2.52. The summed E-state index contributed by atoms with van der Waals surface area (Å²) in [5.74, 6) is -0.568. The number of imidazole rings is 1. The number of methoxy groups -OCH3 is 1. The van der Waals surface area contributed by atoms with Gasteiger partial charge in [-0.3, -0.25) is 9.59 Å². The van der Waals surface area contributed by atoms with Crippen molar-refractivity contribution in [3.63, 3.8) is 0 Å². The SMILES string of the molecule is CO[C@H]1CN(C)C(=O)[C@@H]2C[C@@H](CN2c2nc(N3C4CC3CN(C(=O)C3(O)CCC3)C4)nc3c2cnn3-c2ccc(F)cc2F)Nc2cccc(n2)-c2cc(F)cc3nc(C)n(c23)C1. The first-order chi connectivity index (χ1) is 30.3. The molecule has 9 heterocycles. The number of ether oxygens (including phenoxy) is 1. The Hall–Kier alpha value is -6.34. The lowest BCUT2D eigenvalue weighted by molar-refractivity contribution is -0.163. The highest BCUT2D eigenvalue weighted by Crippen LogP contribution is 2.42. The number of pyridine rings is 1. The number of carbonyl (C=O) groups is 2. The van der Waals surface area contributed by atoms with Crippen LogP contribution in [0.5, 0.6) is 0 Å². The Bertz CT molecular complexity index is 2840. The van der Waals surface area contributed by atoms with Crippen LogP contribution in [0.1, 0.15) is 37.9 Å². The zero-order valence-electron chi connectivity index (χ0n) is 34.9. The maximum atomic E-state index is 15.5. The van der Waals surface area contributed by atoms with Gasteiger partial charge in [0.05, 0.1) is 53.0 Å². The summed E-state index contributed by atoms with van der Waals surface area (Å²) >= 11 is 0. The van der Waals surface area contributed by atoms with Gasteiger partial charge in [-0.15, -0.1) is 0 Å². The van der Waals surface area contributed by atoms with E-state index in [2.05, 4.69) is 20.3 Å². The van der Waals surface area contributed by atoms with Gasteiger partial charge in [-0.25, -0.2) is 27.8 Å². The van der Waals surface area contributed by atoms with Gasteiger partial charge in [-0.2, -0.15) is 15.1 Å². The first-order valence-electron chi connectivity index (χ1n) is 21.3. The number of anilines is 3. The zero-order chi connectivity index (χ0) is 43.5. The predicted molar refractivity (Wildman–Crippen MR) is 226 cm³/mol. The van der Waals surface area contributed by atoms with E-state index in [1.165, 1.54) is 29.1 Å². The molecule has 2 N–H and O–H groups in total. The van der Waals surface area contributed by atoms with Crippen molar-refractivity contribution in [2.75, 3.05) is 55.5 Å². The lowest BCUT2D eigenvalue weighted by atomic mass is 9.78. The number of hydrogen-bond acceptors (Lipinski definition) is 12. The maximum absolute atomic E-state index is 15.5. The molecule has 0 spiro atoms. The van der Waals surface area contributed by atoms with Gasteiger partial charge in [-0.05, 0) is 69.4 Å². The number of fused-ring (bicyclic) bond motifs is 8. The Labute approximate surface area is 359 Å². The van der Waals surface area contributed by atoms with Gasteiger partial charge >= 0.3 is 0 Å². The van der Waals surface area contributed by atoms with Crippen LogP contribution in [0, 0.1) is 24.4 Å². The molecular formula is C44H45F3N12O4. The third-order valence-corrected chi connectivity index (χ3v) is 13.6. The highest BCUT2D eigenvalue weighted by atomic mass is 19.1. The number of aryl methyl sites for hydroxylation is 1. The molecule has 6 aromatic rings. The molecule has 5 atom stereocenters. The van der Waals surface area contributed by atoms with E-state index in [9.17, 15) is 19.1 Å². The van der Waals surface area contributed by atoms with E-state index < -0.39 is 35.2 Å². The number of amides is 2. The van der Waals surface area contributed by atoms with Crippen LogP contribution in [0.2, 0.25) is 0 Å². The minimum absolute atomic E-state index is 0.0190. The molecule has 326 valence electrons. The summed E-state index contributed by atoms with van der Waals surface area (Å²) in [5, 5.41) is 19.4. The van der Waals surface area contributed by atoms with Gasteiger partial charge in [0.1, 0.15) is 46.4 Å². The fourth-order valence-corrected chi connectivity index (χ4v) is 10.3. The number of nitrogens with zero attached hydrogens (tertiary/aromatic N) is 11. The average Bonchev–Trinajstić information content (AvgIpc) is 3.96. The Morgan fingerprint density at radius 1 is 0.937 bits per heavy atom. The Balaban J connectivity index is 1.01. The lowest BCUT2D eigenvalue weighted by Gasteiger charge is -2.57. The van der Waals surface area contributed by atoms with E-state index in [1.54, 1.807) is 24.0 Å². The molecule has 4 saturated heterocycles. The summed E-state index contributed by atoms with van der Waals surface area (Å²) in [6.45, 7) is 3.42. The first kappa shape index (κ1) is 39.5. The van der Waals surface area contributed by atoms with Crippen molar-refractivity contribution < 1.29 is 32.6 Å². The molecule has 16 nitrogen and oxygen atoms in total. The minimum atomic E-state index is -1.32. The first-order valence-corrected chi connectivity index (χ1v) is 21.3. The monoisotopic (exact) mass is 862 g/mol. The molecular weight excluding hydrogens is 818 g/mol. The normalized spacial score (nSPS) is 24.2. The van der Waals surface area contributed by atoms with Crippen LogP contribution in [-0.4, -0.2) is 137 Å². The number of hydrogen-bond donors (Lipinski definition) is 2. The van der Waals surface area contributed by atoms with Gasteiger partial charge < -0.3 is 39.3 Å². The molecule has 5 fully saturated rings. The lowest BCUT2D eigenvalue weighted by Crippen LogP contribution is -2.72. The number of rotatable bonds is 5. The fraction of sp³-hybridized carbons (Fsp3) is 0.432. The van der Waals surface area contributed by atoms with Crippen molar-refractivity contribution >= 4 is 51.5 Å². The number of piperidine rings is 1. The smallest absolute Gasteiger partial charge is 0.254 e. The van der Waals surface area contributed by atoms with E-state index in [4.69, 9.17) is 19.7 Å². The number of aliphatic hydroxyl groups is 1. The number of carbonyl (C=O) groups excluding carboxylic acids is 2. The van der Waals surface area contributed by atoms with Crippen molar-refractivity contribution in [3.8, 4) is 16.9 Å². The van der Waals surface area contributed by atoms with Crippen LogP contribution < -0.4 is 15.1 Å². The summed E-state index contributed by atoms with van der Waals surface area (Å²) in [5.41, 5.74) is 1.23. The molecule has 1 aliphatic carbocycles.